The van der Waals surface area contributed by atoms with Crippen LogP contribution >= 0.6 is 23.2 Å². The molecule has 0 aliphatic carbocycles. The molecule has 0 unspecified atom stereocenters. The molecule has 0 bridgehead atoms. The van der Waals surface area contributed by atoms with E-state index in [1.807, 2.05) is 0 Å². The van der Waals surface area contributed by atoms with Gasteiger partial charge in [-0.2, -0.15) is 4.31 Å². The van der Waals surface area contributed by atoms with Crippen LogP contribution in [0.25, 0.3) is 0 Å². The number of rotatable bonds is 6. The molecule has 1 amide bonds. The summed E-state index contributed by atoms with van der Waals surface area (Å²) < 4.78 is 26.7. The van der Waals surface area contributed by atoms with E-state index in [0.29, 0.717) is 29.6 Å². The van der Waals surface area contributed by atoms with Crippen LogP contribution in [0.5, 0.6) is 5.75 Å². The van der Waals surface area contributed by atoms with Crippen molar-refractivity contribution in [2.75, 3.05) is 18.4 Å². The third kappa shape index (κ3) is 4.78. The van der Waals surface area contributed by atoms with Gasteiger partial charge in [-0.05, 0) is 55.2 Å². The molecule has 1 saturated heterocycles. The molecule has 2 aromatic carbocycles. The summed E-state index contributed by atoms with van der Waals surface area (Å²) in [5.41, 5.74) is 0.836. The lowest BCUT2D eigenvalue weighted by atomic mass is 10.1. The predicted octanol–water partition coefficient (Wildman–Crippen LogP) is 4.05. The van der Waals surface area contributed by atoms with Gasteiger partial charge in [0, 0.05) is 29.6 Å². The molecule has 0 aromatic heterocycles. The second-order valence-electron chi connectivity index (χ2n) is 6.57. The molecule has 9 heteroatoms. The molecule has 1 aliphatic rings. The maximum absolute atomic E-state index is 12.7. The number of halogens is 2. The first-order chi connectivity index (χ1) is 13.3. The Kier molecular flexibility index (Phi) is 6.50. The summed E-state index contributed by atoms with van der Waals surface area (Å²) >= 11 is 12.0. The maximum Gasteiger partial charge on any atom is 0.243 e. The number of nitrogens with zero attached hydrogens (tertiary/aromatic N) is 1. The lowest BCUT2D eigenvalue weighted by molar-refractivity contribution is -0.116. The fourth-order valence-corrected chi connectivity index (χ4v) is 5.09. The molecule has 6 nitrogen and oxygen atoms in total. The number of aryl methyl sites for hydroxylation is 1. The fraction of sp³-hybridized carbons (Fsp3) is 0.316. The van der Waals surface area contributed by atoms with E-state index in [-0.39, 0.29) is 28.7 Å². The average molecular weight is 443 g/mol. The van der Waals surface area contributed by atoms with Crippen LogP contribution in [0.4, 0.5) is 5.69 Å². The van der Waals surface area contributed by atoms with E-state index in [1.54, 1.807) is 18.2 Å². The van der Waals surface area contributed by atoms with E-state index in [9.17, 15) is 18.3 Å². The Labute approximate surface area is 174 Å². The number of carbonyl (C=O) groups excluding carboxylic acids is 1. The van der Waals surface area contributed by atoms with Crippen molar-refractivity contribution in [2.45, 2.75) is 30.6 Å². The highest BCUT2D eigenvalue weighted by molar-refractivity contribution is 7.89. The maximum atomic E-state index is 12.7. The third-order valence-corrected chi connectivity index (χ3v) is 7.06. The lowest BCUT2D eigenvalue weighted by Gasteiger charge is -2.16. The van der Waals surface area contributed by atoms with Crippen LogP contribution in [-0.4, -0.2) is 36.8 Å². The Bertz CT molecular complexity index is 989. The number of amides is 1. The van der Waals surface area contributed by atoms with Gasteiger partial charge in [0.05, 0.1) is 10.6 Å². The zero-order valence-electron chi connectivity index (χ0n) is 15.0. The summed E-state index contributed by atoms with van der Waals surface area (Å²) in [5.74, 6) is -0.560. The molecule has 1 fully saturated rings. The van der Waals surface area contributed by atoms with Crippen LogP contribution in [0, 0.1) is 0 Å². The highest BCUT2D eigenvalue weighted by Gasteiger charge is 2.27. The second kappa shape index (κ2) is 8.69. The first-order valence-electron chi connectivity index (χ1n) is 8.84. The number of aromatic hydroxyl groups is 1. The largest absolute Gasteiger partial charge is 0.506 e. The molecule has 0 atom stereocenters. The van der Waals surface area contributed by atoms with Crippen molar-refractivity contribution in [1.82, 2.24) is 4.31 Å². The van der Waals surface area contributed by atoms with Crippen molar-refractivity contribution >= 4 is 44.8 Å². The Morgan fingerprint density at radius 2 is 1.82 bits per heavy atom. The van der Waals surface area contributed by atoms with Crippen LogP contribution in [0.1, 0.15) is 24.8 Å². The molecule has 2 N–H and O–H groups in total. The molecule has 1 aliphatic heterocycles. The number of nitrogens with one attached hydrogen (secondary N) is 1. The van der Waals surface area contributed by atoms with Crippen LogP contribution in [0.2, 0.25) is 10.0 Å². The van der Waals surface area contributed by atoms with E-state index in [0.717, 1.165) is 18.4 Å². The number of hydrogen-bond donors (Lipinski definition) is 2. The van der Waals surface area contributed by atoms with Crippen molar-refractivity contribution < 1.29 is 18.3 Å². The van der Waals surface area contributed by atoms with Gasteiger partial charge in [-0.3, -0.25) is 4.79 Å². The normalized spacial score (nSPS) is 14.9. The Hall–Kier alpha value is -1.80. The SMILES string of the molecule is O=C(CCc1ccc(Cl)cc1Cl)Nc1cc(S(=O)(=O)N2CCCC2)ccc1O. The number of anilines is 1. The van der Waals surface area contributed by atoms with Gasteiger partial charge in [-0.1, -0.05) is 29.3 Å². The molecule has 150 valence electrons. The van der Waals surface area contributed by atoms with Crippen LogP contribution in [0.15, 0.2) is 41.3 Å². The smallest absolute Gasteiger partial charge is 0.243 e. The van der Waals surface area contributed by atoms with Crippen LogP contribution in [-0.2, 0) is 21.2 Å². The van der Waals surface area contributed by atoms with E-state index in [1.165, 1.54) is 22.5 Å². The first kappa shape index (κ1) is 20.9. The van der Waals surface area contributed by atoms with Gasteiger partial charge in [0.2, 0.25) is 15.9 Å². The lowest BCUT2D eigenvalue weighted by Crippen LogP contribution is -2.28. The summed E-state index contributed by atoms with van der Waals surface area (Å²) in [6, 6.07) is 8.95. The van der Waals surface area contributed by atoms with Crippen LogP contribution in [0.3, 0.4) is 0 Å². The van der Waals surface area contributed by atoms with Crippen molar-refractivity contribution in [2.24, 2.45) is 0 Å². The number of benzene rings is 2. The minimum atomic E-state index is -3.64. The van der Waals surface area contributed by atoms with Crippen molar-refractivity contribution in [3.8, 4) is 5.75 Å². The Morgan fingerprint density at radius 3 is 2.50 bits per heavy atom. The number of sulfonamides is 1. The molecular formula is C19H20Cl2N2O4S. The van der Waals surface area contributed by atoms with Gasteiger partial charge < -0.3 is 10.4 Å². The van der Waals surface area contributed by atoms with Gasteiger partial charge in [0.1, 0.15) is 5.75 Å². The zero-order valence-corrected chi connectivity index (χ0v) is 17.3. The summed E-state index contributed by atoms with van der Waals surface area (Å²) in [6.45, 7) is 0.958. The van der Waals surface area contributed by atoms with Crippen molar-refractivity contribution in [1.29, 1.82) is 0 Å². The summed E-state index contributed by atoms with van der Waals surface area (Å²) in [5, 5.41) is 13.6. The van der Waals surface area contributed by atoms with E-state index >= 15 is 0 Å². The standard InChI is InChI=1S/C19H20Cl2N2O4S/c20-14-5-3-13(16(21)11-14)4-8-19(25)22-17-12-15(6-7-18(17)24)28(26,27)23-9-1-2-10-23/h3,5-7,11-12,24H,1-2,4,8-10H2,(H,22,25). The van der Waals surface area contributed by atoms with Gasteiger partial charge >= 0.3 is 0 Å². The summed E-state index contributed by atoms with van der Waals surface area (Å²) in [7, 11) is -3.64. The Morgan fingerprint density at radius 1 is 1.11 bits per heavy atom. The van der Waals surface area contributed by atoms with Gasteiger partial charge in [0.15, 0.2) is 0 Å². The molecule has 0 saturated carbocycles. The van der Waals surface area contributed by atoms with E-state index < -0.39 is 10.0 Å². The van der Waals surface area contributed by atoms with Crippen molar-refractivity contribution in [3.63, 3.8) is 0 Å². The summed E-state index contributed by atoms with van der Waals surface area (Å²) in [6.07, 6.45) is 2.15. The van der Waals surface area contributed by atoms with Gasteiger partial charge in [-0.15, -0.1) is 0 Å². The Balaban J connectivity index is 1.70. The molecule has 1 heterocycles. The first-order valence-corrected chi connectivity index (χ1v) is 11.0. The highest BCUT2D eigenvalue weighted by atomic mass is 35.5. The third-order valence-electron chi connectivity index (χ3n) is 4.58. The molecule has 3 rings (SSSR count). The van der Waals surface area contributed by atoms with E-state index in [2.05, 4.69) is 5.32 Å². The predicted molar refractivity (Wildman–Crippen MR) is 110 cm³/mol. The molecule has 0 spiro atoms. The quantitative estimate of drug-likeness (QED) is 0.660. The summed E-state index contributed by atoms with van der Waals surface area (Å²) in [4.78, 5) is 12.3. The average Bonchev–Trinajstić information content (AvgIpc) is 3.18. The van der Waals surface area contributed by atoms with E-state index in [4.69, 9.17) is 23.2 Å². The minimum absolute atomic E-state index is 0.0447. The minimum Gasteiger partial charge on any atom is -0.506 e. The van der Waals surface area contributed by atoms with Gasteiger partial charge in [0.25, 0.3) is 0 Å². The number of carbonyl (C=O) groups is 1. The molecule has 0 radical (unpaired) electrons. The fourth-order valence-electron chi connectivity index (χ4n) is 3.04. The van der Waals surface area contributed by atoms with Crippen LogP contribution < -0.4 is 5.32 Å². The molecular weight excluding hydrogens is 423 g/mol. The number of phenolic OH excluding ortho intramolecular Hbond substituents is 1. The zero-order chi connectivity index (χ0) is 20.3. The van der Waals surface area contributed by atoms with Crippen molar-refractivity contribution in [3.05, 3.63) is 52.0 Å². The topological polar surface area (TPSA) is 86.7 Å². The molecule has 2 aromatic rings. The molecule has 28 heavy (non-hydrogen) atoms. The number of phenols is 1. The number of hydrogen-bond acceptors (Lipinski definition) is 4. The second-order valence-corrected chi connectivity index (χ2v) is 9.36. The monoisotopic (exact) mass is 442 g/mol. The van der Waals surface area contributed by atoms with Gasteiger partial charge in [-0.25, -0.2) is 8.42 Å². The highest BCUT2D eigenvalue weighted by Crippen LogP contribution is 2.29.